The number of ether oxygens (including phenoxy) is 1. The number of fused-ring (bicyclic) bond motifs is 1. The molecule has 9 nitrogen and oxygen atoms in total. The molecule has 1 fully saturated rings. The van der Waals surface area contributed by atoms with Crippen molar-refractivity contribution in [3.63, 3.8) is 0 Å². The molecule has 0 saturated carbocycles. The largest absolute Gasteiger partial charge is 0.479 e. The van der Waals surface area contributed by atoms with Gasteiger partial charge >= 0.3 is 6.03 Å². The summed E-state index contributed by atoms with van der Waals surface area (Å²) < 4.78 is 33.0. The van der Waals surface area contributed by atoms with Crippen LogP contribution in [-0.4, -0.2) is 61.8 Å². The van der Waals surface area contributed by atoms with Crippen molar-refractivity contribution < 1.29 is 22.7 Å². The SMILES string of the molecule is Cc1ccc(Cl)cc1NC(=O)N1CCN(S(=O)(=O)c2ccc3c(c2)NC(=O)[C@@H](C)O3)CC1. The third-order valence-electron chi connectivity index (χ3n) is 5.49. The summed E-state index contributed by atoms with van der Waals surface area (Å²) >= 11 is 6.00. The summed E-state index contributed by atoms with van der Waals surface area (Å²) in [5.41, 5.74) is 1.82. The molecule has 2 aromatic rings. The Morgan fingerprint density at radius 1 is 1.16 bits per heavy atom. The summed E-state index contributed by atoms with van der Waals surface area (Å²) in [5.74, 6) is 0.0930. The first kappa shape index (κ1) is 22.4. The van der Waals surface area contributed by atoms with E-state index in [1.54, 1.807) is 24.0 Å². The summed E-state index contributed by atoms with van der Waals surface area (Å²) in [5, 5.41) is 6.01. The van der Waals surface area contributed by atoms with E-state index in [1.165, 1.54) is 22.5 Å². The van der Waals surface area contributed by atoms with E-state index >= 15 is 0 Å². The fraction of sp³-hybridized carbons (Fsp3) is 0.333. The van der Waals surface area contributed by atoms with E-state index in [0.29, 0.717) is 22.1 Å². The van der Waals surface area contributed by atoms with E-state index in [2.05, 4.69) is 10.6 Å². The van der Waals surface area contributed by atoms with Gasteiger partial charge in [-0.05, 0) is 49.7 Å². The number of amides is 3. The number of hydrogen-bond acceptors (Lipinski definition) is 5. The fourth-order valence-corrected chi connectivity index (χ4v) is 5.17. The van der Waals surface area contributed by atoms with Gasteiger partial charge in [-0.3, -0.25) is 4.79 Å². The van der Waals surface area contributed by atoms with Gasteiger partial charge < -0.3 is 20.3 Å². The van der Waals surface area contributed by atoms with Gasteiger partial charge in [-0.2, -0.15) is 4.31 Å². The van der Waals surface area contributed by atoms with Crippen molar-refractivity contribution >= 4 is 44.9 Å². The van der Waals surface area contributed by atoms with Crippen LogP contribution in [0.25, 0.3) is 0 Å². The lowest BCUT2D eigenvalue weighted by atomic mass is 10.2. The van der Waals surface area contributed by atoms with Crippen LogP contribution in [0.15, 0.2) is 41.3 Å². The van der Waals surface area contributed by atoms with Crippen molar-refractivity contribution in [3.05, 3.63) is 47.0 Å². The molecule has 1 saturated heterocycles. The quantitative estimate of drug-likeness (QED) is 0.705. The summed E-state index contributed by atoms with van der Waals surface area (Å²) in [7, 11) is -3.80. The molecule has 2 aliphatic rings. The van der Waals surface area contributed by atoms with Crippen LogP contribution in [0.5, 0.6) is 5.75 Å². The van der Waals surface area contributed by atoms with E-state index in [0.717, 1.165) is 5.56 Å². The number of sulfonamides is 1. The second-order valence-corrected chi connectivity index (χ2v) is 10.1. The predicted molar refractivity (Wildman–Crippen MR) is 121 cm³/mol. The third-order valence-corrected chi connectivity index (χ3v) is 7.62. The molecule has 32 heavy (non-hydrogen) atoms. The summed E-state index contributed by atoms with van der Waals surface area (Å²) in [4.78, 5) is 26.1. The second-order valence-electron chi connectivity index (χ2n) is 7.69. The number of nitrogens with one attached hydrogen (secondary N) is 2. The van der Waals surface area contributed by atoms with E-state index in [9.17, 15) is 18.0 Å². The maximum absolute atomic E-state index is 13.1. The summed E-state index contributed by atoms with van der Waals surface area (Å²) in [6, 6.07) is 9.32. The lowest BCUT2D eigenvalue weighted by Crippen LogP contribution is -2.51. The molecule has 170 valence electrons. The Hall–Kier alpha value is -2.82. The highest BCUT2D eigenvalue weighted by atomic mass is 35.5. The van der Waals surface area contributed by atoms with Crippen molar-refractivity contribution in [2.24, 2.45) is 0 Å². The molecule has 11 heteroatoms. The number of rotatable bonds is 3. The van der Waals surface area contributed by atoms with E-state index in [1.807, 2.05) is 13.0 Å². The van der Waals surface area contributed by atoms with Gasteiger partial charge in [0.25, 0.3) is 5.91 Å². The molecule has 2 aromatic carbocycles. The molecule has 0 bridgehead atoms. The zero-order chi connectivity index (χ0) is 23.0. The van der Waals surface area contributed by atoms with Crippen molar-refractivity contribution in [1.82, 2.24) is 9.21 Å². The average molecular weight is 479 g/mol. The van der Waals surface area contributed by atoms with Crippen LogP contribution in [-0.2, 0) is 14.8 Å². The molecule has 2 aliphatic heterocycles. The first-order valence-corrected chi connectivity index (χ1v) is 11.9. The summed E-state index contributed by atoms with van der Waals surface area (Å²) in [6.07, 6.45) is -0.639. The van der Waals surface area contributed by atoms with Gasteiger partial charge in [-0.15, -0.1) is 0 Å². The molecule has 2 heterocycles. The Morgan fingerprint density at radius 3 is 2.59 bits per heavy atom. The molecule has 2 N–H and O–H groups in total. The number of anilines is 2. The molecule has 0 aromatic heterocycles. The van der Waals surface area contributed by atoms with Gasteiger partial charge in [0.05, 0.1) is 10.6 Å². The fourth-order valence-electron chi connectivity index (χ4n) is 3.55. The number of nitrogens with zero attached hydrogens (tertiary/aromatic N) is 2. The second kappa shape index (κ2) is 8.61. The number of halogens is 1. The Kier molecular flexibility index (Phi) is 6.02. The minimum atomic E-state index is -3.80. The van der Waals surface area contributed by atoms with Gasteiger partial charge in [0.1, 0.15) is 5.75 Å². The number of benzene rings is 2. The number of carbonyl (C=O) groups is 2. The standard InChI is InChI=1S/C21H23ClN4O5S/c1-13-3-4-15(22)11-17(13)24-21(28)25-7-9-26(10-8-25)32(29,30)16-5-6-19-18(12-16)23-20(27)14(2)31-19/h3-6,11-12,14H,7-10H2,1-2H3,(H,23,27)(H,24,28)/t14-/m1/s1. The number of aryl methyl sites for hydroxylation is 1. The third kappa shape index (κ3) is 4.38. The van der Waals surface area contributed by atoms with Crippen LogP contribution in [0.1, 0.15) is 12.5 Å². The Morgan fingerprint density at radius 2 is 1.88 bits per heavy atom. The lowest BCUT2D eigenvalue weighted by molar-refractivity contribution is -0.122. The number of carbonyl (C=O) groups excluding carboxylic acids is 2. The van der Waals surface area contributed by atoms with Crippen molar-refractivity contribution in [2.75, 3.05) is 36.8 Å². The van der Waals surface area contributed by atoms with Gasteiger partial charge in [0, 0.05) is 36.9 Å². The topological polar surface area (TPSA) is 108 Å². The zero-order valence-corrected chi connectivity index (χ0v) is 19.2. The van der Waals surface area contributed by atoms with E-state index < -0.39 is 16.1 Å². The zero-order valence-electron chi connectivity index (χ0n) is 17.6. The summed E-state index contributed by atoms with van der Waals surface area (Å²) in [6.45, 7) is 4.28. The highest BCUT2D eigenvalue weighted by Crippen LogP contribution is 2.33. The van der Waals surface area contributed by atoms with Gasteiger partial charge in [-0.25, -0.2) is 13.2 Å². The first-order chi connectivity index (χ1) is 15.1. The van der Waals surface area contributed by atoms with Crippen molar-refractivity contribution in [1.29, 1.82) is 0 Å². The molecule has 3 amide bonds. The van der Waals surface area contributed by atoms with Crippen LogP contribution >= 0.6 is 11.6 Å². The molecule has 1 atom stereocenters. The van der Waals surface area contributed by atoms with Gasteiger partial charge in [0.15, 0.2) is 6.10 Å². The highest BCUT2D eigenvalue weighted by molar-refractivity contribution is 7.89. The van der Waals surface area contributed by atoms with Crippen LogP contribution in [0.2, 0.25) is 5.02 Å². The van der Waals surface area contributed by atoms with E-state index in [4.69, 9.17) is 16.3 Å². The molecule has 4 rings (SSSR count). The maximum Gasteiger partial charge on any atom is 0.321 e. The van der Waals surface area contributed by atoms with Crippen LogP contribution in [0.4, 0.5) is 16.2 Å². The molecule has 0 unspecified atom stereocenters. The number of hydrogen-bond donors (Lipinski definition) is 2. The smallest absolute Gasteiger partial charge is 0.321 e. The minimum Gasteiger partial charge on any atom is -0.479 e. The van der Waals surface area contributed by atoms with Crippen LogP contribution < -0.4 is 15.4 Å². The van der Waals surface area contributed by atoms with Crippen molar-refractivity contribution in [2.45, 2.75) is 24.8 Å². The molecule has 0 radical (unpaired) electrons. The van der Waals surface area contributed by atoms with Crippen molar-refractivity contribution in [3.8, 4) is 5.75 Å². The number of piperazine rings is 1. The Bertz CT molecular complexity index is 1180. The normalized spacial score (nSPS) is 19.0. The average Bonchev–Trinajstić information content (AvgIpc) is 2.76. The first-order valence-electron chi connectivity index (χ1n) is 10.1. The Balaban J connectivity index is 1.42. The predicted octanol–water partition coefficient (Wildman–Crippen LogP) is 2.91. The molecule has 0 aliphatic carbocycles. The highest BCUT2D eigenvalue weighted by Gasteiger charge is 2.32. The minimum absolute atomic E-state index is 0.0576. The molecular weight excluding hydrogens is 456 g/mol. The molecular formula is C21H23ClN4O5S. The maximum atomic E-state index is 13.1. The monoisotopic (exact) mass is 478 g/mol. The van der Waals surface area contributed by atoms with E-state index in [-0.39, 0.29) is 43.0 Å². The van der Waals surface area contributed by atoms with Gasteiger partial charge in [0.2, 0.25) is 10.0 Å². The van der Waals surface area contributed by atoms with Crippen LogP contribution in [0.3, 0.4) is 0 Å². The number of urea groups is 1. The van der Waals surface area contributed by atoms with Gasteiger partial charge in [-0.1, -0.05) is 17.7 Å². The molecule has 0 spiro atoms. The Labute approximate surface area is 191 Å². The lowest BCUT2D eigenvalue weighted by Gasteiger charge is -2.34. The van der Waals surface area contributed by atoms with Crippen LogP contribution in [0, 0.1) is 6.92 Å².